The Morgan fingerprint density at radius 3 is 2.14 bits per heavy atom. The number of para-hydroxylation sites is 1. The lowest BCUT2D eigenvalue weighted by atomic mass is 9.99. The van der Waals surface area contributed by atoms with Crippen molar-refractivity contribution in [1.29, 1.82) is 0 Å². The Bertz CT molecular complexity index is 567. The molecular formula is C19H25NO2. The molecule has 3 heteroatoms. The van der Waals surface area contributed by atoms with Gasteiger partial charge in [-0.1, -0.05) is 75.7 Å². The molecule has 2 aromatic carbocycles. The van der Waals surface area contributed by atoms with Crippen molar-refractivity contribution in [3.8, 4) is 0 Å². The molecule has 0 heterocycles. The van der Waals surface area contributed by atoms with E-state index >= 15 is 0 Å². The average Bonchev–Trinajstić information content (AvgIpc) is 2.56. The number of hydrogen-bond donors (Lipinski definition) is 0. The lowest BCUT2D eigenvalue weighted by molar-refractivity contribution is -0.385. The van der Waals surface area contributed by atoms with E-state index in [9.17, 15) is 10.1 Å². The molecule has 0 fully saturated rings. The average molecular weight is 299 g/mol. The quantitative estimate of drug-likeness (QED) is 0.521. The zero-order chi connectivity index (χ0) is 16.4. The number of rotatable bonds is 5. The molecule has 22 heavy (non-hydrogen) atoms. The summed E-state index contributed by atoms with van der Waals surface area (Å²) in [6, 6.07) is 17.5. The van der Waals surface area contributed by atoms with Gasteiger partial charge in [0.2, 0.25) is 0 Å². The number of nitrogens with zero attached hydrogens (tertiary/aromatic N) is 1. The summed E-state index contributed by atoms with van der Waals surface area (Å²) in [5.41, 5.74) is 2.51. The van der Waals surface area contributed by atoms with Gasteiger partial charge in [0.05, 0.1) is 4.92 Å². The fourth-order valence-corrected chi connectivity index (χ4v) is 2.19. The molecule has 3 nitrogen and oxygen atoms in total. The van der Waals surface area contributed by atoms with Crippen LogP contribution in [-0.2, 0) is 6.42 Å². The summed E-state index contributed by atoms with van der Waals surface area (Å²) < 4.78 is 0. The van der Waals surface area contributed by atoms with Gasteiger partial charge in [-0.25, -0.2) is 0 Å². The number of nitro benzene ring substituents is 1. The first-order chi connectivity index (χ1) is 10.6. The van der Waals surface area contributed by atoms with Gasteiger partial charge in [-0.15, -0.1) is 0 Å². The molecule has 0 aliphatic carbocycles. The fourth-order valence-electron chi connectivity index (χ4n) is 2.19. The summed E-state index contributed by atoms with van der Waals surface area (Å²) >= 11 is 0. The summed E-state index contributed by atoms with van der Waals surface area (Å²) in [4.78, 5) is 10.2. The predicted octanol–water partition coefficient (Wildman–Crippen LogP) is 5.75. The molecule has 0 aromatic heterocycles. The first-order valence-electron chi connectivity index (χ1n) is 7.87. The summed E-state index contributed by atoms with van der Waals surface area (Å²) in [7, 11) is 0. The monoisotopic (exact) mass is 299 g/mol. The normalized spacial score (nSPS) is 11.2. The van der Waals surface area contributed by atoms with Crippen LogP contribution in [0.4, 0.5) is 5.69 Å². The molecule has 0 bridgehead atoms. The molecule has 2 rings (SSSR count). The van der Waals surface area contributed by atoms with E-state index in [1.807, 2.05) is 19.1 Å². The molecule has 2 aromatic rings. The number of benzene rings is 2. The van der Waals surface area contributed by atoms with Gasteiger partial charge in [0.25, 0.3) is 5.69 Å². The first-order valence-corrected chi connectivity index (χ1v) is 7.87. The maximum Gasteiger partial charge on any atom is 0.272 e. The van der Waals surface area contributed by atoms with Crippen molar-refractivity contribution in [2.75, 3.05) is 0 Å². The van der Waals surface area contributed by atoms with E-state index < -0.39 is 0 Å². The van der Waals surface area contributed by atoms with Crippen LogP contribution in [0.2, 0.25) is 0 Å². The van der Waals surface area contributed by atoms with Crippen LogP contribution in [0.3, 0.4) is 0 Å². The molecule has 0 saturated carbocycles. The number of aryl methyl sites for hydroxylation is 1. The highest BCUT2D eigenvalue weighted by Crippen LogP contribution is 2.18. The summed E-state index contributed by atoms with van der Waals surface area (Å²) in [6.07, 6.45) is 2.94. The number of hydrogen-bond acceptors (Lipinski definition) is 2. The van der Waals surface area contributed by atoms with Gasteiger partial charge in [0, 0.05) is 11.6 Å². The molecular weight excluding hydrogens is 274 g/mol. The van der Waals surface area contributed by atoms with Crippen LogP contribution in [0, 0.1) is 10.1 Å². The second-order valence-corrected chi connectivity index (χ2v) is 5.36. The van der Waals surface area contributed by atoms with Gasteiger partial charge >= 0.3 is 0 Å². The maximum absolute atomic E-state index is 10.5. The molecule has 118 valence electrons. The maximum atomic E-state index is 10.5. The first kappa shape index (κ1) is 17.9. The van der Waals surface area contributed by atoms with Crippen LogP contribution < -0.4 is 0 Å². The van der Waals surface area contributed by atoms with E-state index in [2.05, 4.69) is 44.2 Å². The second kappa shape index (κ2) is 9.72. The minimum absolute atomic E-state index is 0.236. The Labute approximate surface area is 133 Å². The van der Waals surface area contributed by atoms with Gasteiger partial charge in [0.15, 0.2) is 0 Å². The molecule has 0 spiro atoms. The largest absolute Gasteiger partial charge is 0.272 e. The molecule has 1 unspecified atom stereocenters. The van der Waals surface area contributed by atoms with Crippen molar-refractivity contribution >= 4 is 5.69 Å². The van der Waals surface area contributed by atoms with Crippen LogP contribution in [-0.4, -0.2) is 4.92 Å². The standard InChI is InChI=1S/C10H14.C9H11NO2/c1-3-9(2)10-7-5-4-6-8-10;1-2-5-8-6-3-4-7-9(8)10(11)12/h4-9H,3H2,1-2H3;3-4,6-7H,2,5H2,1H3. The SMILES string of the molecule is CCC(C)c1ccccc1.CCCc1ccccc1[N+](=O)[O-]. The Morgan fingerprint density at radius 1 is 1.00 bits per heavy atom. The number of nitro groups is 1. The Balaban J connectivity index is 0.000000224. The van der Waals surface area contributed by atoms with E-state index in [0.29, 0.717) is 5.92 Å². The molecule has 1 atom stereocenters. The predicted molar refractivity (Wildman–Crippen MR) is 92.2 cm³/mol. The lowest BCUT2D eigenvalue weighted by Gasteiger charge is -2.06. The Morgan fingerprint density at radius 2 is 1.59 bits per heavy atom. The molecule has 0 aliphatic rings. The summed E-state index contributed by atoms with van der Waals surface area (Å²) in [5, 5.41) is 10.5. The Kier molecular flexibility index (Phi) is 7.90. The van der Waals surface area contributed by atoms with Crippen molar-refractivity contribution in [1.82, 2.24) is 0 Å². The van der Waals surface area contributed by atoms with Crippen molar-refractivity contribution in [3.05, 3.63) is 75.8 Å². The van der Waals surface area contributed by atoms with Crippen LogP contribution in [0.15, 0.2) is 54.6 Å². The van der Waals surface area contributed by atoms with Crippen LogP contribution in [0.1, 0.15) is 50.7 Å². The van der Waals surface area contributed by atoms with Crippen molar-refractivity contribution in [2.24, 2.45) is 0 Å². The van der Waals surface area contributed by atoms with Crippen LogP contribution in [0.5, 0.6) is 0 Å². The van der Waals surface area contributed by atoms with Gasteiger partial charge in [0.1, 0.15) is 0 Å². The summed E-state index contributed by atoms with van der Waals surface area (Å²) in [6.45, 7) is 6.49. The third-order valence-electron chi connectivity index (χ3n) is 3.69. The molecule has 0 radical (unpaired) electrons. The third-order valence-corrected chi connectivity index (χ3v) is 3.69. The van der Waals surface area contributed by atoms with Crippen molar-refractivity contribution in [2.45, 2.75) is 46.0 Å². The second-order valence-electron chi connectivity index (χ2n) is 5.36. The Hall–Kier alpha value is -2.16. The topological polar surface area (TPSA) is 43.1 Å². The smallest absolute Gasteiger partial charge is 0.258 e. The molecule has 0 N–H and O–H groups in total. The van der Waals surface area contributed by atoms with Gasteiger partial charge < -0.3 is 0 Å². The van der Waals surface area contributed by atoms with E-state index in [1.165, 1.54) is 12.0 Å². The summed E-state index contributed by atoms with van der Waals surface area (Å²) in [5.74, 6) is 0.709. The van der Waals surface area contributed by atoms with E-state index in [-0.39, 0.29) is 10.6 Å². The van der Waals surface area contributed by atoms with Crippen molar-refractivity contribution in [3.63, 3.8) is 0 Å². The third kappa shape index (κ3) is 5.68. The van der Waals surface area contributed by atoms with Crippen LogP contribution in [0.25, 0.3) is 0 Å². The van der Waals surface area contributed by atoms with Gasteiger partial charge in [-0.05, 0) is 24.3 Å². The highest BCUT2D eigenvalue weighted by Gasteiger charge is 2.10. The van der Waals surface area contributed by atoms with E-state index in [0.717, 1.165) is 18.4 Å². The highest BCUT2D eigenvalue weighted by molar-refractivity contribution is 5.39. The molecule has 0 aliphatic heterocycles. The van der Waals surface area contributed by atoms with E-state index in [4.69, 9.17) is 0 Å². The fraction of sp³-hybridized carbons (Fsp3) is 0.368. The minimum atomic E-state index is -0.328. The zero-order valence-electron chi connectivity index (χ0n) is 13.7. The lowest BCUT2D eigenvalue weighted by Crippen LogP contribution is -1.94. The van der Waals surface area contributed by atoms with Crippen molar-refractivity contribution < 1.29 is 4.92 Å². The van der Waals surface area contributed by atoms with Gasteiger partial charge in [-0.2, -0.15) is 0 Å². The van der Waals surface area contributed by atoms with Crippen LogP contribution >= 0.6 is 0 Å². The molecule has 0 amide bonds. The molecule has 0 saturated heterocycles. The minimum Gasteiger partial charge on any atom is -0.258 e. The highest BCUT2D eigenvalue weighted by atomic mass is 16.6. The van der Waals surface area contributed by atoms with Gasteiger partial charge in [-0.3, -0.25) is 10.1 Å². The zero-order valence-corrected chi connectivity index (χ0v) is 13.7. The van der Waals surface area contributed by atoms with E-state index in [1.54, 1.807) is 12.1 Å².